The van der Waals surface area contributed by atoms with E-state index in [1.165, 1.54) is 0 Å². The maximum Gasteiger partial charge on any atom is 0.238 e. The fourth-order valence-electron chi connectivity index (χ4n) is 3.80. The average Bonchev–Trinajstić information content (AvgIpc) is 2.90. The minimum Gasteiger partial charge on any atom is -0.325 e. The van der Waals surface area contributed by atoms with Crippen molar-refractivity contribution >= 4 is 29.0 Å². The van der Waals surface area contributed by atoms with Crippen LogP contribution < -0.4 is 5.32 Å². The molecule has 0 saturated heterocycles. The van der Waals surface area contributed by atoms with E-state index in [4.69, 9.17) is 11.6 Å². The molecule has 0 radical (unpaired) electrons. The number of hydrogen-bond acceptors (Lipinski definition) is 2. The van der Waals surface area contributed by atoms with Gasteiger partial charge in [0.1, 0.15) is 5.41 Å². The summed E-state index contributed by atoms with van der Waals surface area (Å²) in [5.41, 5.74) is -0.543. The number of carbonyl (C=O) groups excluding carboxylic acids is 2. The summed E-state index contributed by atoms with van der Waals surface area (Å²) in [6, 6.07) is 7.03. The molecule has 4 heteroatoms. The van der Waals surface area contributed by atoms with Gasteiger partial charge in [-0.1, -0.05) is 31.5 Å². The zero-order valence-corrected chi connectivity index (χ0v) is 12.5. The Morgan fingerprint density at radius 3 is 2.75 bits per heavy atom. The van der Waals surface area contributed by atoms with Crippen LogP contribution in [-0.2, 0) is 9.59 Å². The minimum atomic E-state index is -0.823. The second kappa shape index (κ2) is 4.32. The molecule has 3 rings (SSSR count). The summed E-state index contributed by atoms with van der Waals surface area (Å²) in [5.74, 6) is 0.263. The predicted octanol–water partition coefficient (Wildman–Crippen LogP) is 3.67. The van der Waals surface area contributed by atoms with E-state index in [-0.39, 0.29) is 17.1 Å². The van der Waals surface area contributed by atoms with Crippen molar-refractivity contribution in [2.24, 2.45) is 16.7 Å². The van der Waals surface area contributed by atoms with Gasteiger partial charge in [-0.2, -0.15) is 0 Å². The van der Waals surface area contributed by atoms with Crippen LogP contribution >= 0.6 is 11.6 Å². The highest BCUT2D eigenvalue weighted by Crippen LogP contribution is 2.60. The lowest BCUT2D eigenvalue weighted by molar-refractivity contribution is -0.142. The molecular weight excluding hydrogens is 274 g/mol. The van der Waals surface area contributed by atoms with Crippen molar-refractivity contribution in [3.05, 3.63) is 29.3 Å². The number of hydrogen-bond donors (Lipinski definition) is 1. The molecule has 0 heterocycles. The van der Waals surface area contributed by atoms with Crippen LogP contribution in [0.25, 0.3) is 0 Å². The van der Waals surface area contributed by atoms with Crippen LogP contribution in [0, 0.1) is 16.7 Å². The number of nitrogens with one attached hydrogen (secondary N) is 1. The lowest BCUT2D eigenvalue weighted by Gasteiger charge is -2.32. The molecule has 1 aromatic carbocycles. The Kier molecular flexibility index (Phi) is 2.94. The summed E-state index contributed by atoms with van der Waals surface area (Å²) >= 11 is 5.92. The molecule has 20 heavy (non-hydrogen) atoms. The molecule has 2 aliphatic rings. The van der Waals surface area contributed by atoms with Crippen molar-refractivity contribution < 1.29 is 9.59 Å². The first-order valence-electron chi connectivity index (χ1n) is 6.98. The molecule has 2 aliphatic carbocycles. The lowest BCUT2D eigenvalue weighted by atomic mass is 9.70. The third kappa shape index (κ3) is 1.80. The average molecular weight is 292 g/mol. The molecule has 2 saturated carbocycles. The Bertz CT molecular complexity index is 596. The number of rotatable bonds is 2. The summed E-state index contributed by atoms with van der Waals surface area (Å²) in [7, 11) is 0. The molecule has 0 aliphatic heterocycles. The molecule has 1 N–H and O–H groups in total. The highest BCUT2D eigenvalue weighted by atomic mass is 35.5. The van der Waals surface area contributed by atoms with Crippen LogP contribution in [0.2, 0.25) is 5.02 Å². The monoisotopic (exact) mass is 291 g/mol. The summed E-state index contributed by atoms with van der Waals surface area (Å²) in [4.78, 5) is 25.3. The van der Waals surface area contributed by atoms with E-state index in [9.17, 15) is 9.59 Å². The highest BCUT2D eigenvalue weighted by Gasteiger charge is 2.64. The molecule has 2 atom stereocenters. The van der Waals surface area contributed by atoms with E-state index in [0.29, 0.717) is 29.5 Å². The van der Waals surface area contributed by atoms with Gasteiger partial charge in [-0.3, -0.25) is 9.59 Å². The topological polar surface area (TPSA) is 46.2 Å². The van der Waals surface area contributed by atoms with Gasteiger partial charge in [0, 0.05) is 16.1 Å². The maximum absolute atomic E-state index is 12.6. The molecule has 1 aromatic rings. The maximum atomic E-state index is 12.6. The Morgan fingerprint density at radius 1 is 1.40 bits per heavy atom. The first kappa shape index (κ1) is 13.6. The van der Waals surface area contributed by atoms with Crippen LogP contribution in [0.4, 0.5) is 5.69 Å². The standard InChI is InChI=1S/C16H18ClNO2/c1-15(2)10-6-7-16(9-10,13(15)19)14(20)18-12-5-3-4-11(17)8-12/h3-5,8,10H,6-7,9H2,1-2H3,(H,18,20). The van der Waals surface area contributed by atoms with E-state index in [2.05, 4.69) is 5.32 Å². The Hall–Kier alpha value is -1.35. The number of benzene rings is 1. The van der Waals surface area contributed by atoms with Crippen LogP contribution in [-0.4, -0.2) is 11.7 Å². The fourth-order valence-corrected chi connectivity index (χ4v) is 3.99. The highest BCUT2D eigenvalue weighted by molar-refractivity contribution is 6.31. The number of Topliss-reactive ketones (excluding diaryl/α,β-unsaturated/α-hetero) is 1. The van der Waals surface area contributed by atoms with E-state index in [1.54, 1.807) is 24.3 Å². The van der Waals surface area contributed by atoms with Crippen molar-refractivity contribution in [2.45, 2.75) is 33.1 Å². The third-order valence-electron chi connectivity index (χ3n) is 5.07. The van der Waals surface area contributed by atoms with Crippen molar-refractivity contribution in [3.8, 4) is 0 Å². The van der Waals surface area contributed by atoms with E-state index in [1.807, 2.05) is 13.8 Å². The van der Waals surface area contributed by atoms with Crippen molar-refractivity contribution in [1.82, 2.24) is 0 Å². The summed E-state index contributed by atoms with van der Waals surface area (Å²) in [6.07, 6.45) is 2.32. The zero-order chi connectivity index (χ0) is 14.5. The van der Waals surface area contributed by atoms with Crippen LogP contribution in [0.3, 0.4) is 0 Å². The van der Waals surface area contributed by atoms with Gasteiger partial charge in [-0.15, -0.1) is 0 Å². The van der Waals surface area contributed by atoms with Crippen molar-refractivity contribution in [2.75, 3.05) is 5.32 Å². The summed E-state index contributed by atoms with van der Waals surface area (Å²) in [6.45, 7) is 3.93. The second-order valence-electron chi connectivity index (χ2n) is 6.54. The number of amides is 1. The molecular formula is C16H18ClNO2. The van der Waals surface area contributed by atoms with Crippen LogP contribution in [0.1, 0.15) is 33.1 Å². The molecule has 0 spiro atoms. The van der Waals surface area contributed by atoms with Gasteiger partial charge in [0.25, 0.3) is 0 Å². The largest absolute Gasteiger partial charge is 0.325 e. The second-order valence-corrected chi connectivity index (χ2v) is 6.97. The predicted molar refractivity (Wildman–Crippen MR) is 78.6 cm³/mol. The smallest absolute Gasteiger partial charge is 0.238 e. The van der Waals surface area contributed by atoms with E-state index >= 15 is 0 Å². The number of anilines is 1. The first-order valence-corrected chi connectivity index (χ1v) is 7.36. The van der Waals surface area contributed by atoms with Crippen molar-refractivity contribution in [1.29, 1.82) is 0 Å². The number of halogens is 1. The molecule has 106 valence electrons. The van der Waals surface area contributed by atoms with Gasteiger partial charge in [-0.25, -0.2) is 0 Å². The van der Waals surface area contributed by atoms with E-state index < -0.39 is 5.41 Å². The molecule has 1 amide bonds. The van der Waals surface area contributed by atoms with Crippen molar-refractivity contribution in [3.63, 3.8) is 0 Å². The Balaban J connectivity index is 1.86. The summed E-state index contributed by atoms with van der Waals surface area (Å²) in [5, 5.41) is 3.44. The van der Waals surface area contributed by atoms with E-state index in [0.717, 1.165) is 6.42 Å². The summed E-state index contributed by atoms with van der Waals surface area (Å²) < 4.78 is 0. The molecule has 2 bridgehead atoms. The van der Waals surface area contributed by atoms with Gasteiger partial charge in [0.05, 0.1) is 0 Å². The molecule has 2 unspecified atom stereocenters. The molecule has 0 aromatic heterocycles. The Labute approximate surface area is 123 Å². The lowest BCUT2D eigenvalue weighted by Crippen LogP contribution is -2.44. The minimum absolute atomic E-state index is 0.0979. The molecule has 2 fully saturated rings. The van der Waals surface area contributed by atoms with Gasteiger partial charge in [0.15, 0.2) is 5.78 Å². The number of fused-ring (bicyclic) bond motifs is 2. The number of carbonyl (C=O) groups is 2. The quantitative estimate of drug-likeness (QED) is 0.845. The van der Waals surface area contributed by atoms with Gasteiger partial charge in [0.2, 0.25) is 5.91 Å². The normalized spacial score (nSPS) is 30.6. The van der Waals surface area contributed by atoms with Gasteiger partial charge in [-0.05, 0) is 43.4 Å². The fraction of sp³-hybridized carbons (Fsp3) is 0.500. The molecule has 3 nitrogen and oxygen atoms in total. The zero-order valence-electron chi connectivity index (χ0n) is 11.7. The van der Waals surface area contributed by atoms with Gasteiger partial charge < -0.3 is 5.32 Å². The first-order chi connectivity index (χ1) is 9.36. The van der Waals surface area contributed by atoms with Crippen LogP contribution in [0.5, 0.6) is 0 Å². The number of ketones is 1. The Morgan fingerprint density at radius 2 is 2.15 bits per heavy atom. The van der Waals surface area contributed by atoms with Crippen LogP contribution in [0.15, 0.2) is 24.3 Å². The SMILES string of the molecule is CC1(C)C(=O)C2(C(=O)Nc3cccc(Cl)c3)CCC1C2. The van der Waals surface area contributed by atoms with Gasteiger partial charge >= 0.3 is 0 Å². The third-order valence-corrected chi connectivity index (χ3v) is 5.31.